The number of hydrogen-bond acceptors (Lipinski definition) is 8. The van der Waals surface area contributed by atoms with Crippen LogP contribution in [0.2, 0.25) is 0 Å². The predicted molar refractivity (Wildman–Crippen MR) is 191 cm³/mol. The number of halogens is 2. The van der Waals surface area contributed by atoms with Crippen molar-refractivity contribution in [1.29, 1.82) is 0 Å². The molecular weight excluding hydrogens is 686 g/mol. The zero-order valence-electron chi connectivity index (χ0n) is 29.5. The Morgan fingerprint density at radius 1 is 0.981 bits per heavy atom. The number of benzene rings is 3. The Morgan fingerprint density at radius 2 is 1.75 bits per heavy atom. The lowest BCUT2D eigenvalue weighted by molar-refractivity contribution is 0.00681. The van der Waals surface area contributed by atoms with E-state index in [9.17, 15) is 33.1 Å². The van der Waals surface area contributed by atoms with Crippen LogP contribution < -0.4 is 16.0 Å². The summed E-state index contributed by atoms with van der Waals surface area (Å²) in [5.41, 5.74) is 4.36. The van der Waals surface area contributed by atoms with Gasteiger partial charge in [0, 0.05) is 24.8 Å². The molecule has 1 atom stereocenters. The first kappa shape index (κ1) is 36.6. The average molecular weight is 725 g/mol. The number of rotatable bonds is 7. The second-order valence-electron chi connectivity index (χ2n) is 13.8. The molecule has 1 aliphatic carbocycles. The van der Waals surface area contributed by atoms with E-state index in [2.05, 4.69) is 50.3 Å². The van der Waals surface area contributed by atoms with Crippen LogP contribution in [0, 0.1) is 18.6 Å². The van der Waals surface area contributed by atoms with Crippen LogP contribution >= 0.6 is 0 Å². The number of ether oxygens (including phenoxy) is 1. The predicted octanol–water partition coefficient (Wildman–Crippen LogP) is 5.97. The number of hydrogen-bond donors (Lipinski definition) is 4. The summed E-state index contributed by atoms with van der Waals surface area (Å²) >= 11 is 0. The highest BCUT2D eigenvalue weighted by Crippen LogP contribution is 2.35. The van der Waals surface area contributed by atoms with E-state index < -0.39 is 47.0 Å². The highest BCUT2D eigenvalue weighted by molar-refractivity contribution is 6.01. The zero-order valence-corrected chi connectivity index (χ0v) is 29.5. The molecule has 0 saturated heterocycles. The van der Waals surface area contributed by atoms with Crippen LogP contribution in [0.3, 0.4) is 0 Å². The number of carboxylic acid groups (broad SMARTS) is 1. The molecule has 2 aliphatic rings. The number of carbonyl (C=O) groups is 4. The van der Waals surface area contributed by atoms with Crippen molar-refractivity contribution in [2.45, 2.75) is 65.1 Å². The smallest absolute Gasteiger partial charge is 0.341 e. The highest BCUT2D eigenvalue weighted by Gasteiger charge is 2.30. The van der Waals surface area contributed by atoms with Gasteiger partial charge in [-0.2, -0.15) is 5.10 Å². The Hall–Kier alpha value is -6.18. The molecule has 0 fully saturated rings. The van der Waals surface area contributed by atoms with Gasteiger partial charge in [-0.25, -0.2) is 27.9 Å². The molecular formula is C39H38F2N6O6. The Labute approximate surface area is 303 Å². The van der Waals surface area contributed by atoms with Crippen LogP contribution in [0.15, 0.2) is 66.9 Å². The summed E-state index contributed by atoms with van der Waals surface area (Å²) < 4.78 is 33.4. The maximum Gasteiger partial charge on any atom is 0.341 e. The van der Waals surface area contributed by atoms with E-state index in [1.54, 1.807) is 32.9 Å². The van der Waals surface area contributed by atoms with Gasteiger partial charge in [0.25, 0.3) is 11.8 Å². The molecule has 274 valence electrons. The van der Waals surface area contributed by atoms with Gasteiger partial charge in [0.15, 0.2) is 17.3 Å². The first-order valence-corrected chi connectivity index (χ1v) is 17.0. The number of fused-ring (bicyclic) bond motifs is 3. The molecule has 2 aromatic heterocycles. The van der Waals surface area contributed by atoms with Crippen LogP contribution in [0.5, 0.6) is 0 Å². The summed E-state index contributed by atoms with van der Waals surface area (Å²) in [5, 5.41) is 22.4. The van der Waals surface area contributed by atoms with Crippen LogP contribution in [0.25, 0.3) is 5.65 Å². The largest absolute Gasteiger partial charge is 0.477 e. The fourth-order valence-electron chi connectivity index (χ4n) is 6.37. The monoisotopic (exact) mass is 724 g/mol. The van der Waals surface area contributed by atoms with Gasteiger partial charge >= 0.3 is 11.9 Å². The number of aromatic nitrogens is 3. The first-order valence-electron chi connectivity index (χ1n) is 17.0. The van der Waals surface area contributed by atoms with Crippen molar-refractivity contribution in [2.75, 3.05) is 11.9 Å². The fourth-order valence-corrected chi connectivity index (χ4v) is 6.37. The van der Waals surface area contributed by atoms with Crippen molar-refractivity contribution in [3.63, 3.8) is 0 Å². The second kappa shape index (κ2) is 14.8. The highest BCUT2D eigenvalue weighted by atomic mass is 19.2. The minimum absolute atomic E-state index is 0.143. The normalized spacial score (nSPS) is 14.3. The van der Waals surface area contributed by atoms with Gasteiger partial charge in [0.2, 0.25) is 0 Å². The number of amides is 2. The number of nitrogens with one attached hydrogen (secondary N) is 3. The number of aromatic carboxylic acids is 1. The molecule has 2 amide bonds. The maximum absolute atomic E-state index is 13.6. The number of nitrogens with zero attached hydrogens (tertiary/aromatic N) is 3. The van der Waals surface area contributed by atoms with Crippen molar-refractivity contribution in [1.82, 2.24) is 25.2 Å². The minimum Gasteiger partial charge on any atom is -0.477 e. The number of esters is 1. The maximum atomic E-state index is 13.6. The molecule has 12 nitrogen and oxygen atoms in total. The lowest BCUT2D eigenvalue weighted by Gasteiger charge is -2.21. The molecule has 3 heterocycles. The third-order valence-corrected chi connectivity index (χ3v) is 8.95. The molecule has 7 rings (SSSR count). The summed E-state index contributed by atoms with van der Waals surface area (Å²) in [7, 11) is 0. The van der Waals surface area contributed by atoms with Gasteiger partial charge in [-0.15, -0.1) is 0 Å². The zero-order chi connectivity index (χ0) is 38.0. The summed E-state index contributed by atoms with van der Waals surface area (Å²) in [6.45, 7) is 8.12. The van der Waals surface area contributed by atoms with Gasteiger partial charge in [0.05, 0.1) is 17.8 Å². The van der Waals surface area contributed by atoms with E-state index in [0.29, 0.717) is 18.4 Å². The summed E-state index contributed by atoms with van der Waals surface area (Å²) in [6, 6.07) is 15.8. The SMILES string of the molecule is Cc1c(C(=O)OC(C)(C)C)ccc2c1CC[C@@H]2NC(=O)c1cc(C(=O)NCc2ccc(F)c(F)c2)nc2c(C(=O)O)cnn12.c1ccc2c(c1)CCN2. The number of carbonyl (C=O) groups excluding carboxylic acids is 3. The Morgan fingerprint density at radius 3 is 2.47 bits per heavy atom. The van der Waals surface area contributed by atoms with Gasteiger partial charge in [-0.1, -0.05) is 30.3 Å². The topological polar surface area (TPSA) is 164 Å². The summed E-state index contributed by atoms with van der Waals surface area (Å²) in [6.07, 6.45) is 3.35. The van der Waals surface area contributed by atoms with Crippen LogP contribution in [-0.4, -0.2) is 55.6 Å². The quantitative estimate of drug-likeness (QED) is 0.148. The average Bonchev–Trinajstić information content (AvgIpc) is 3.87. The van der Waals surface area contributed by atoms with Gasteiger partial charge < -0.3 is 25.8 Å². The molecule has 53 heavy (non-hydrogen) atoms. The number of anilines is 1. The number of carboxylic acids is 1. The standard InChI is InChI=1S/C31H29F2N5O6.C8H9N/c1-15-17-8-10-23(19(17)7-6-18(15)30(43)44-31(2,3)4)37-28(40)25-12-24(36-26-20(29(41)42)14-35-38(25)26)27(39)34-13-16-5-9-21(32)22(33)11-16;1-2-4-8-7(3-1)5-6-9-8/h5-7,9,11-12,14,23H,8,10,13H2,1-4H3,(H,34,39)(H,37,40)(H,41,42);1-4,9H,5-6H2/t23-;/m0./s1. The van der Waals surface area contributed by atoms with Crippen molar-refractivity contribution in [3.8, 4) is 0 Å². The van der Waals surface area contributed by atoms with Gasteiger partial charge in [-0.3, -0.25) is 9.59 Å². The number of para-hydroxylation sites is 1. The molecule has 4 N–H and O–H groups in total. The van der Waals surface area contributed by atoms with E-state index >= 15 is 0 Å². The molecule has 0 saturated carbocycles. The van der Waals surface area contributed by atoms with E-state index in [-0.39, 0.29) is 34.7 Å². The molecule has 0 spiro atoms. The van der Waals surface area contributed by atoms with Gasteiger partial charge in [-0.05, 0) is 99.0 Å². The van der Waals surface area contributed by atoms with E-state index in [4.69, 9.17) is 4.74 Å². The van der Waals surface area contributed by atoms with Crippen molar-refractivity contribution >= 4 is 35.1 Å². The van der Waals surface area contributed by atoms with Crippen molar-refractivity contribution in [3.05, 3.63) is 129 Å². The Balaban J connectivity index is 0.000000461. The van der Waals surface area contributed by atoms with Crippen molar-refractivity contribution < 1.29 is 37.8 Å². The van der Waals surface area contributed by atoms with Crippen LogP contribution in [0.1, 0.15) is 103 Å². The Bertz CT molecular complexity index is 2240. The first-order chi connectivity index (χ1) is 25.2. The molecule has 0 unspecified atom stereocenters. The van der Waals surface area contributed by atoms with Crippen LogP contribution in [0.4, 0.5) is 14.5 Å². The van der Waals surface area contributed by atoms with E-state index in [1.807, 2.05) is 6.92 Å². The molecule has 3 aromatic carbocycles. The molecule has 1 aliphatic heterocycles. The Kier molecular flexibility index (Phi) is 10.2. The lowest BCUT2D eigenvalue weighted by Crippen LogP contribution is -2.31. The lowest BCUT2D eigenvalue weighted by atomic mass is 9.97. The third kappa shape index (κ3) is 8.01. The van der Waals surface area contributed by atoms with Crippen molar-refractivity contribution in [2.24, 2.45) is 0 Å². The van der Waals surface area contributed by atoms with E-state index in [1.165, 1.54) is 29.8 Å². The molecule has 0 radical (unpaired) electrons. The van der Waals surface area contributed by atoms with Crippen LogP contribution in [-0.2, 0) is 24.1 Å². The fraction of sp³-hybridized carbons (Fsp3) is 0.282. The third-order valence-electron chi connectivity index (χ3n) is 8.95. The minimum atomic E-state index is -1.36. The molecule has 5 aromatic rings. The van der Waals surface area contributed by atoms with E-state index in [0.717, 1.165) is 46.1 Å². The van der Waals surface area contributed by atoms with Gasteiger partial charge in [0.1, 0.15) is 22.6 Å². The molecule has 14 heteroatoms. The summed E-state index contributed by atoms with van der Waals surface area (Å²) in [5.74, 6) is -5.33. The summed E-state index contributed by atoms with van der Waals surface area (Å²) in [4.78, 5) is 55.3. The molecule has 0 bridgehead atoms. The second-order valence-corrected chi connectivity index (χ2v) is 13.8.